The molecule has 13 heavy (non-hydrogen) atoms. The maximum absolute atomic E-state index is 10.7. The van der Waals surface area contributed by atoms with Crippen LogP contribution in [0.2, 0.25) is 0 Å². The van der Waals surface area contributed by atoms with Crippen molar-refractivity contribution in [3.8, 4) is 0 Å². The van der Waals surface area contributed by atoms with Crippen molar-refractivity contribution in [1.29, 1.82) is 0 Å². The zero-order valence-corrected chi connectivity index (χ0v) is 7.01. The molecule has 1 unspecified atom stereocenters. The van der Waals surface area contributed by atoms with Crippen molar-refractivity contribution < 1.29 is 9.53 Å². The van der Waals surface area contributed by atoms with Crippen LogP contribution in [0.15, 0.2) is 6.33 Å². The molecule has 1 atom stereocenters. The van der Waals surface area contributed by atoms with Crippen molar-refractivity contribution in [3.05, 3.63) is 12.2 Å². The van der Waals surface area contributed by atoms with E-state index < -0.39 is 5.91 Å². The van der Waals surface area contributed by atoms with Gasteiger partial charge < -0.3 is 10.5 Å². The van der Waals surface area contributed by atoms with Crippen LogP contribution in [0.5, 0.6) is 0 Å². The topological polar surface area (TPSA) is 83.0 Å². The highest BCUT2D eigenvalue weighted by Crippen LogP contribution is 2.21. The largest absolute Gasteiger partial charge is 0.363 e. The minimum Gasteiger partial charge on any atom is -0.363 e. The molecule has 0 spiro atoms. The molecule has 2 heterocycles. The highest BCUT2D eigenvalue weighted by atomic mass is 16.5. The number of aromatic nitrogens is 3. The monoisotopic (exact) mass is 182 g/mol. The number of amides is 1. The van der Waals surface area contributed by atoms with E-state index in [9.17, 15) is 4.79 Å². The van der Waals surface area contributed by atoms with Crippen LogP contribution < -0.4 is 5.73 Å². The van der Waals surface area contributed by atoms with Gasteiger partial charge >= 0.3 is 0 Å². The summed E-state index contributed by atoms with van der Waals surface area (Å²) < 4.78 is 6.88. The Morgan fingerprint density at radius 1 is 1.77 bits per heavy atom. The summed E-state index contributed by atoms with van der Waals surface area (Å²) in [6.45, 7) is 0.733. The van der Waals surface area contributed by atoms with Gasteiger partial charge in [-0.1, -0.05) is 0 Å². The van der Waals surface area contributed by atoms with Gasteiger partial charge in [0, 0.05) is 6.61 Å². The summed E-state index contributed by atoms with van der Waals surface area (Å²) in [6.07, 6.45) is 3.30. The molecule has 0 saturated carbocycles. The van der Waals surface area contributed by atoms with Crippen molar-refractivity contribution in [1.82, 2.24) is 14.8 Å². The first-order valence-corrected chi connectivity index (χ1v) is 4.10. The number of carbonyl (C=O) groups excluding carboxylic acids is 1. The van der Waals surface area contributed by atoms with Crippen LogP contribution in [-0.4, -0.2) is 27.3 Å². The Morgan fingerprint density at radius 2 is 2.62 bits per heavy atom. The van der Waals surface area contributed by atoms with Crippen LogP contribution >= 0.6 is 0 Å². The second-order valence-electron chi connectivity index (χ2n) is 2.88. The Hall–Kier alpha value is -1.43. The molecule has 0 bridgehead atoms. The number of carbonyl (C=O) groups is 1. The first-order valence-electron chi connectivity index (χ1n) is 4.10. The zero-order chi connectivity index (χ0) is 9.26. The van der Waals surface area contributed by atoms with Crippen molar-refractivity contribution in [2.24, 2.45) is 5.73 Å². The molecule has 0 aliphatic carbocycles. The molecule has 1 amide bonds. The van der Waals surface area contributed by atoms with Gasteiger partial charge in [-0.05, 0) is 12.8 Å². The SMILES string of the molecule is NC(=O)c1ncn(C2CCCO2)n1. The smallest absolute Gasteiger partial charge is 0.288 e. The third-order valence-corrected chi connectivity index (χ3v) is 1.93. The van der Waals surface area contributed by atoms with Crippen molar-refractivity contribution in [2.75, 3.05) is 6.61 Å². The predicted molar refractivity (Wildman–Crippen MR) is 42.8 cm³/mol. The molecule has 1 aliphatic heterocycles. The van der Waals surface area contributed by atoms with Crippen LogP contribution in [0.25, 0.3) is 0 Å². The number of nitrogens with zero attached hydrogens (tertiary/aromatic N) is 3. The van der Waals surface area contributed by atoms with E-state index in [4.69, 9.17) is 10.5 Å². The summed E-state index contributed by atoms with van der Waals surface area (Å²) in [4.78, 5) is 14.4. The summed E-state index contributed by atoms with van der Waals surface area (Å²) in [6, 6.07) is 0. The van der Waals surface area contributed by atoms with Gasteiger partial charge in [0.1, 0.15) is 6.33 Å². The van der Waals surface area contributed by atoms with Crippen LogP contribution in [0.1, 0.15) is 29.7 Å². The molecule has 1 fully saturated rings. The van der Waals surface area contributed by atoms with Gasteiger partial charge in [-0.3, -0.25) is 4.79 Å². The van der Waals surface area contributed by atoms with Gasteiger partial charge in [0.15, 0.2) is 6.23 Å². The lowest BCUT2D eigenvalue weighted by atomic mass is 10.3. The van der Waals surface area contributed by atoms with Crippen LogP contribution in [-0.2, 0) is 4.74 Å². The first kappa shape index (κ1) is 8.18. The Labute approximate surface area is 74.7 Å². The lowest BCUT2D eigenvalue weighted by Crippen LogP contribution is -2.15. The summed E-state index contributed by atoms with van der Waals surface area (Å²) in [5, 5.41) is 3.90. The average Bonchev–Trinajstić information content (AvgIpc) is 2.75. The maximum atomic E-state index is 10.7. The fourth-order valence-corrected chi connectivity index (χ4v) is 1.30. The van der Waals surface area contributed by atoms with Crippen LogP contribution in [0.3, 0.4) is 0 Å². The number of hydrogen-bond acceptors (Lipinski definition) is 4. The lowest BCUT2D eigenvalue weighted by Gasteiger charge is -2.07. The van der Waals surface area contributed by atoms with Crippen molar-refractivity contribution in [2.45, 2.75) is 19.1 Å². The molecule has 2 rings (SSSR count). The Balaban J connectivity index is 2.16. The summed E-state index contributed by atoms with van der Waals surface area (Å²) >= 11 is 0. The Morgan fingerprint density at radius 3 is 3.15 bits per heavy atom. The Bertz CT molecular complexity index is 316. The maximum Gasteiger partial charge on any atom is 0.288 e. The van der Waals surface area contributed by atoms with Gasteiger partial charge in [0.25, 0.3) is 5.91 Å². The zero-order valence-electron chi connectivity index (χ0n) is 7.01. The van der Waals surface area contributed by atoms with Gasteiger partial charge in [-0.15, -0.1) is 5.10 Å². The van der Waals surface area contributed by atoms with Gasteiger partial charge in [-0.2, -0.15) is 0 Å². The number of rotatable bonds is 2. The lowest BCUT2D eigenvalue weighted by molar-refractivity contribution is 0.0462. The van der Waals surface area contributed by atoms with E-state index in [1.54, 1.807) is 0 Å². The second kappa shape index (κ2) is 3.14. The summed E-state index contributed by atoms with van der Waals surface area (Å²) in [5.41, 5.74) is 5.01. The van der Waals surface area contributed by atoms with Crippen molar-refractivity contribution >= 4 is 5.91 Å². The van der Waals surface area contributed by atoms with E-state index in [-0.39, 0.29) is 12.1 Å². The van der Waals surface area contributed by atoms with Crippen LogP contribution in [0.4, 0.5) is 0 Å². The second-order valence-corrected chi connectivity index (χ2v) is 2.88. The standard InChI is InChI=1S/C7H10N4O2/c8-6(12)7-9-4-11(10-7)5-2-1-3-13-5/h4-5H,1-3H2,(H2,8,12). The normalized spacial score (nSPS) is 22.0. The quantitative estimate of drug-likeness (QED) is 0.679. The summed E-state index contributed by atoms with van der Waals surface area (Å²) in [5.74, 6) is -0.577. The highest BCUT2D eigenvalue weighted by Gasteiger charge is 2.19. The minimum atomic E-state index is -0.614. The fraction of sp³-hybridized carbons (Fsp3) is 0.571. The van der Waals surface area contributed by atoms with E-state index in [0.717, 1.165) is 19.4 Å². The third kappa shape index (κ3) is 1.52. The van der Waals surface area contributed by atoms with E-state index in [0.29, 0.717) is 0 Å². The number of nitrogens with two attached hydrogens (primary N) is 1. The molecular formula is C7H10N4O2. The van der Waals surface area contributed by atoms with Gasteiger partial charge in [-0.25, -0.2) is 9.67 Å². The third-order valence-electron chi connectivity index (χ3n) is 1.93. The van der Waals surface area contributed by atoms with E-state index in [1.165, 1.54) is 11.0 Å². The first-order chi connectivity index (χ1) is 6.27. The molecule has 0 radical (unpaired) electrons. The van der Waals surface area contributed by atoms with Gasteiger partial charge in [0.05, 0.1) is 0 Å². The number of ether oxygens (including phenoxy) is 1. The molecule has 1 aromatic rings. The fourth-order valence-electron chi connectivity index (χ4n) is 1.30. The number of primary amides is 1. The highest BCUT2D eigenvalue weighted by molar-refractivity contribution is 5.88. The summed E-state index contributed by atoms with van der Waals surface area (Å²) in [7, 11) is 0. The predicted octanol–water partition coefficient (Wildman–Crippen LogP) is -0.314. The average molecular weight is 182 g/mol. The van der Waals surface area contributed by atoms with E-state index in [2.05, 4.69) is 10.1 Å². The molecule has 6 nitrogen and oxygen atoms in total. The number of hydrogen-bond donors (Lipinski definition) is 1. The van der Waals surface area contributed by atoms with Gasteiger partial charge in [0.2, 0.25) is 5.82 Å². The molecule has 0 aromatic carbocycles. The molecule has 2 N–H and O–H groups in total. The molecule has 1 aliphatic rings. The van der Waals surface area contributed by atoms with Crippen molar-refractivity contribution in [3.63, 3.8) is 0 Å². The molecule has 1 aromatic heterocycles. The van der Waals surface area contributed by atoms with Crippen LogP contribution in [0, 0.1) is 0 Å². The Kier molecular flexibility index (Phi) is 1.97. The minimum absolute atomic E-state index is 0.0375. The molecule has 1 saturated heterocycles. The molecule has 6 heteroatoms. The molecular weight excluding hydrogens is 172 g/mol. The molecule has 70 valence electrons. The van der Waals surface area contributed by atoms with E-state index >= 15 is 0 Å². The van der Waals surface area contributed by atoms with E-state index in [1.807, 2.05) is 0 Å².